The number of pyridine rings is 1. The maximum Gasteiger partial charge on any atom is 0.319 e. The van der Waals surface area contributed by atoms with Crippen molar-refractivity contribution >= 4 is 23.3 Å². The number of aryl methyl sites for hydroxylation is 1. The molecule has 0 spiro atoms. The number of hydrogen-bond donors (Lipinski definition) is 3. The number of nitrogens with zero attached hydrogens (tertiary/aromatic N) is 1. The van der Waals surface area contributed by atoms with Crippen molar-refractivity contribution in [1.82, 2.24) is 10.3 Å². The summed E-state index contributed by atoms with van der Waals surface area (Å²) in [7, 11) is 0. The average Bonchev–Trinajstić information content (AvgIpc) is 2.96. The first kappa shape index (κ1) is 15.3. The second kappa shape index (κ2) is 6.15. The van der Waals surface area contributed by atoms with E-state index in [4.69, 9.17) is 16.0 Å². The van der Waals surface area contributed by atoms with Crippen molar-refractivity contribution in [3.05, 3.63) is 47.1 Å². The van der Waals surface area contributed by atoms with Crippen molar-refractivity contribution in [3.63, 3.8) is 0 Å². The molecule has 2 rings (SSSR count). The number of urea groups is 1. The molecule has 1 unspecified atom stereocenters. The van der Waals surface area contributed by atoms with Gasteiger partial charge in [-0.2, -0.15) is 0 Å². The van der Waals surface area contributed by atoms with Gasteiger partial charge in [0.15, 0.2) is 0 Å². The number of carbonyl (C=O) groups excluding carboxylic acids is 1. The first-order valence-electron chi connectivity index (χ1n) is 6.32. The quantitative estimate of drug-likeness (QED) is 0.758. The van der Waals surface area contributed by atoms with Gasteiger partial charge in [0, 0.05) is 0 Å². The first-order chi connectivity index (χ1) is 9.88. The Morgan fingerprint density at radius 3 is 2.95 bits per heavy atom. The first-order valence-corrected chi connectivity index (χ1v) is 6.69. The van der Waals surface area contributed by atoms with Crippen LogP contribution in [0.25, 0.3) is 0 Å². The van der Waals surface area contributed by atoms with Gasteiger partial charge in [0.25, 0.3) is 0 Å². The molecule has 1 atom stereocenters. The van der Waals surface area contributed by atoms with Crippen LogP contribution >= 0.6 is 11.6 Å². The third kappa shape index (κ3) is 3.96. The minimum absolute atomic E-state index is 0.00630. The highest BCUT2D eigenvalue weighted by atomic mass is 35.5. The molecule has 0 aliphatic rings. The normalized spacial score (nSPS) is 13.5. The Hall–Kier alpha value is -2.05. The van der Waals surface area contributed by atoms with Crippen molar-refractivity contribution in [1.29, 1.82) is 0 Å². The summed E-state index contributed by atoms with van der Waals surface area (Å²) in [6.45, 7) is 3.35. The number of furan rings is 1. The minimum Gasteiger partial charge on any atom is -0.466 e. The molecule has 2 aromatic rings. The zero-order chi connectivity index (χ0) is 15.5. The van der Waals surface area contributed by atoms with Gasteiger partial charge >= 0.3 is 6.03 Å². The summed E-state index contributed by atoms with van der Waals surface area (Å²) >= 11 is 5.81. The van der Waals surface area contributed by atoms with Gasteiger partial charge in [0.1, 0.15) is 16.5 Å². The van der Waals surface area contributed by atoms with E-state index in [1.54, 1.807) is 32.0 Å². The second-order valence-corrected chi connectivity index (χ2v) is 5.25. The molecule has 0 aromatic carbocycles. The molecule has 2 amide bonds. The topological polar surface area (TPSA) is 87.4 Å². The fourth-order valence-corrected chi connectivity index (χ4v) is 1.83. The number of rotatable bonds is 4. The van der Waals surface area contributed by atoms with Crippen molar-refractivity contribution in [2.24, 2.45) is 0 Å². The average molecular weight is 310 g/mol. The summed E-state index contributed by atoms with van der Waals surface area (Å²) < 4.78 is 5.13. The van der Waals surface area contributed by atoms with Crippen molar-refractivity contribution < 1.29 is 14.3 Å². The maximum absolute atomic E-state index is 11.8. The van der Waals surface area contributed by atoms with Crippen LogP contribution in [0, 0.1) is 6.92 Å². The lowest BCUT2D eigenvalue weighted by molar-refractivity contribution is 0.0372. The van der Waals surface area contributed by atoms with Crippen molar-refractivity contribution in [2.45, 2.75) is 19.4 Å². The summed E-state index contributed by atoms with van der Waals surface area (Å²) in [6.07, 6.45) is 2.92. The van der Waals surface area contributed by atoms with Crippen LogP contribution in [0.2, 0.25) is 5.15 Å². The van der Waals surface area contributed by atoms with E-state index in [0.717, 1.165) is 5.56 Å². The molecule has 0 aliphatic carbocycles. The van der Waals surface area contributed by atoms with E-state index in [0.29, 0.717) is 16.6 Å². The highest BCUT2D eigenvalue weighted by Crippen LogP contribution is 2.20. The lowest BCUT2D eigenvalue weighted by Gasteiger charge is -2.21. The van der Waals surface area contributed by atoms with Gasteiger partial charge in [-0.15, -0.1) is 0 Å². The monoisotopic (exact) mass is 309 g/mol. The van der Waals surface area contributed by atoms with Gasteiger partial charge in [-0.25, -0.2) is 9.78 Å². The van der Waals surface area contributed by atoms with Crippen LogP contribution in [0.5, 0.6) is 0 Å². The van der Waals surface area contributed by atoms with E-state index in [1.807, 2.05) is 0 Å². The number of carbonyl (C=O) groups is 1. The molecule has 0 saturated heterocycles. The molecule has 21 heavy (non-hydrogen) atoms. The van der Waals surface area contributed by atoms with Crippen LogP contribution in [0.1, 0.15) is 18.2 Å². The van der Waals surface area contributed by atoms with Gasteiger partial charge in [0.05, 0.1) is 24.7 Å². The van der Waals surface area contributed by atoms with Crippen LogP contribution < -0.4 is 10.6 Å². The van der Waals surface area contributed by atoms with E-state index in [1.165, 1.54) is 12.5 Å². The third-order valence-corrected chi connectivity index (χ3v) is 3.31. The van der Waals surface area contributed by atoms with Gasteiger partial charge < -0.3 is 20.2 Å². The number of hydrogen-bond acceptors (Lipinski definition) is 4. The third-order valence-electron chi connectivity index (χ3n) is 2.92. The molecule has 0 radical (unpaired) electrons. The molecule has 6 nitrogen and oxygen atoms in total. The van der Waals surface area contributed by atoms with E-state index in [9.17, 15) is 9.90 Å². The Morgan fingerprint density at radius 1 is 1.57 bits per heavy atom. The largest absolute Gasteiger partial charge is 0.466 e. The molecule has 0 saturated carbocycles. The molecule has 0 aliphatic heterocycles. The van der Waals surface area contributed by atoms with Crippen molar-refractivity contribution in [2.75, 3.05) is 11.9 Å². The molecular formula is C14H16ClN3O3. The van der Waals surface area contributed by atoms with Crippen LogP contribution in [-0.2, 0) is 5.60 Å². The summed E-state index contributed by atoms with van der Waals surface area (Å²) in [5.41, 5.74) is -0.00117. The Balaban J connectivity index is 1.91. The van der Waals surface area contributed by atoms with Crippen LogP contribution in [0.3, 0.4) is 0 Å². The highest BCUT2D eigenvalue weighted by molar-refractivity contribution is 6.30. The van der Waals surface area contributed by atoms with Gasteiger partial charge in [-0.05, 0) is 37.6 Å². The zero-order valence-corrected chi connectivity index (χ0v) is 12.4. The summed E-state index contributed by atoms with van der Waals surface area (Å²) in [4.78, 5) is 15.7. The number of aliphatic hydroxyl groups is 1. The van der Waals surface area contributed by atoms with Gasteiger partial charge in [-0.1, -0.05) is 11.6 Å². The van der Waals surface area contributed by atoms with E-state index in [-0.39, 0.29) is 6.54 Å². The van der Waals surface area contributed by atoms with Gasteiger partial charge in [-0.3, -0.25) is 0 Å². The van der Waals surface area contributed by atoms with Crippen molar-refractivity contribution in [3.8, 4) is 0 Å². The number of aromatic nitrogens is 1. The van der Waals surface area contributed by atoms with E-state index in [2.05, 4.69) is 15.6 Å². The Morgan fingerprint density at radius 2 is 2.33 bits per heavy atom. The maximum atomic E-state index is 11.8. The Labute approximate surface area is 127 Å². The molecular weight excluding hydrogens is 294 g/mol. The van der Waals surface area contributed by atoms with E-state index < -0.39 is 11.6 Å². The predicted octanol–water partition coefficient (Wildman–Crippen LogP) is 2.67. The zero-order valence-electron chi connectivity index (χ0n) is 11.7. The van der Waals surface area contributed by atoms with Crippen LogP contribution in [-0.4, -0.2) is 22.7 Å². The number of nitrogens with one attached hydrogen (secondary N) is 2. The fraction of sp³-hybridized carbons (Fsp3) is 0.286. The molecule has 0 bridgehead atoms. The smallest absolute Gasteiger partial charge is 0.319 e. The lowest BCUT2D eigenvalue weighted by atomic mass is 10.0. The summed E-state index contributed by atoms with van der Waals surface area (Å²) in [6, 6.07) is 4.57. The van der Waals surface area contributed by atoms with Gasteiger partial charge in [0.2, 0.25) is 0 Å². The highest BCUT2D eigenvalue weighted by Gasteiger charge is 2.26. The summed E-state index contributed by atoms with van der Waals surface area (Å²) in [5.74, 6) is 0.381. The number of amides is 2. The number of halogens is 1. The van der Waals surface area contributed by atoms with E-state index >= 15 is 0 Å². The predicted molar refractivity (Wildman–Crippen MR) is 79.3 cm³/mol. The fourth-order valence-electron chi connectivity index (χ4n) is 1.73. The van der Waals surface area contributed by atoms with Crippen LogP contribution in [0.15, 0.2) is 35.1 Å². The Bertz CT molecular complexity index is 626. The lowest BCUT2D eigenvalue weighted by Crippen LogP contribution is -2.40. The Kier molecular flexibility index (Phi) is 4.50. The minimum atomic E-state index is -1.28. The standard InChI is InChI=1S/C14H16ClN3O3/c1-9-6-10(7-16-12(9)15)18-13(19)17-8-14(2,20)11-4-3-5-21-11/h3-7,20H,8H2,1-2H3,(H2,17,18,19). The molecule has 3 N–H and O–H groups in total. The second-order valence-electron chi connectivity index (χ2n) is 4.89. The SMILES string of the molecule is Cc1cc(NC(=O)NCC(C)(O)c2ccco2)cnc1Cl. The number of anilines is 1. The summed E-state index contributed by atoms with van der Waals surface area (Å²) in [5, 5.41) is 15.8. The molecule has 112 valence electrons. The molecule has 0 fully saturated rings. The van der Waals surface area contributed by atoms with Crippen LogP contribution in [0.4, 0.5) is 10.5 Å². The molecule has 2 heterocycles. The molecule has 2 aromatic heterocycles. The molecule has 7 heteroatoms.